The van der Waals surface area contributed by atoms with E-state index in [0.29, 0.717) is 18.0 Å². The second kappa shape index (κ2) is 6.50. The van der Waals surface area contributed by atoms with Gasteiger partial charge in [0.25, 0.3) is 0 Å². The lowest BCUT2D eigenvalue weighted by Gasteiger charge is -2.51. The molecule has 1 saturated carbocycles. The Labute approximate surface area is 177 Å². The molecular formula is C22H22FN7O. The predicted octanol–water partition coefficient (Wildman–Crippen LogP) is 3.37. The average Bonchev–Trinajstić information content (AvgIpc) is 3.45. The van der Waals surface area contributed by atoms with Gasteiger partial charge >= 0.3 is 0 Å². The van der Waals surface area contributed by atoms with E-state index in [1.54, 1.807) is 18.5 Å². The highest BCUT2D eigenvalue weighted by Crippen LogP contribution is 2.41. The third-order valence-electron chi connectivity index (χ3n) is 6.63. The number of halogens is 1. The van der Waals surface area contributed by atoms with Crippen molar-refractivity contribution in [3.8, 4) is 11.1 Å². The minimum atomic E-state index is -0.400. The molecule has 1 aliphatic heterocycles. The standard InChI is InChI=1S/C22H22FN7O/c1-22(30-6-2-3-19(30)31)7-14(8-22)27-21-26-10-16-15(9-25-20(16)28-21)13-4-5-18-24-11-17(23)29(18)12-13/h4-5,9-12,14H,2-3,6-8H2,1H3,(H2,25,26,27,28)/t14-,22+. The Bertz CT molecular complexity index is 1320. The van der Waals surface area contributed by atoms with Gasteiger partial charge in [0, 0.05) is 59.7 Å². The van der Waals surface area contributed by atoms with E-state index in [1.165, 1.54) is 10.6 Å². The Morgan fingerprint density at radius 2 is 2.13 bits per heavy atom. The maximum absolute atomic E-state index is 13.9. The van der Waals surface area contributed by atoms with Crippen LogP contribution in [-0.4, -0.2) is 53.3 Å². The van der Waals surface area contributed by atoms with Crippen molar-refractivity contribution < 1.29 is 9.18 Å². The van der Waals surface area contributed by atoms with Crippen LogP contribution in [0.25, 0.3) is 27.8 Å². The van der Waals surface area contributed by atoms with Gasteiger partial charge < -0.3 is 15.2 Å². The lowest BCUT2D eigenvalue weighted by Crippen LogP contribution is -2.59. The van der Waals surface area contributed by atoms with Crippen LogP contribution in [0.2, 0.25) is 0 Å². The highest BCUT2D eigenvalue weighted by molar-refractivity contribution is 5.93. The number of amides is 1. The molecule has 2 N–H and O–H groups in total. The number of aromatic amines is 1. The smallest absolute Gasteiger partial charge is 0.224 e. The van der Waals surface area contributed by atoms with E-state index in [1.807, 2.05) is 17.2 Å². The van der Waals surface area contributed by atoms with E-state index in [-0.39, 0.29) is 17.5 Å². The number of hydrogen-bond acceptors (Lipinski definition) is 5. The first kappa shape index (κ1) is 18.3. The lowest BCUT2D eigenvalue weighted by atomic mass is 9.73. The van der Waals surface area contributed by atoms with Crippen LogP contribution in [0.3, 0.4) is 0 Å². The average molecular weight is 419 g/mol. The van der Waals surface area contributed by atoms with Crippen LogP contribution in [-0.2, 0) is 4.79 Å². The van der Waals surface area contributed by atoms with Crippen molar-refractivity contribution in [2.24, 2.45) is 0 Å². The maximum atomic E-state index is 13.9. The van der Waals surface area contributed by atoms with Crippen molar-refractivity contribution in [3.05, 3.63) is 42.9 Å². The van der Waals surface area contributed by atoms with Crippen LogP contribution < -0.4 is 5.32 Å². The maximum Gasteiger partial charge on any atom is 0.224 e. The van der Waals surface area contributed by atoms with Crippen LogP contribution in [0.5, 0.6) is 0 Å². The molecule has 0 aromatic carbocycles. The Balaban J connectivity index is 1.21. The lowest BCUT2D eigenvalue weighted by molar-refractivity contribution is -0.136. The van der Waals surface area contributed by atoms with E-state index < -0.39 is 5.95 Å². The minimum absolute atomic E-state index is 0.0593. The van der Waals surface area contributed by atoms with Crippen LogP contribution in [0, 0.1) is 5.95 Å². The number of likely N-dealkylation sites (tertiary alicyclic amines) is 1. The van der Waals surface area contributed by atoms with Gasteiger partial charge in [-0.1, -0.05) is 0 Å². The first-order valence-electron chi connectivity index (χ1n) is 10.5. The molecular weight excluding hydrogens is 397 g/mol. The molecule has 4 aromatic heterocycles. The van der Waals surface area contributed by atoms with Crippen molar-refractivity contribution in [1.82, 2.24) is 29.2 Å². The molecule has 6 rings (SSSR count). The molecule has 0 bridgehead atoms. The van der Waals surface area contributed by atoms with Gasteiger partial charge in [0.1, 0.15) is 11.3 Å². The Morgan fingerprint density at radius 1 is 1.26 bits per heavy atom. The molecule has 0 radical (unpaired) electrons. The van der Waals surface area contributed by atoms with E-state index in [0.717, 1.165) is 48.0 Å². The molecule has 8 nitrogen and oxygen atoms in total. The number of carbonyl (C=O) groups excluding carboxylic acids is 1. The number of nitrogens with zero attached hydrogens (tertiary/aromatic N) is 5. The number of carbonyl (C=O) groups is 1. The normalized spacial score (nSPS) is 23.6. The topological polar surface area (TPSA) is 91.2 Å². The number of aromatic nitrogens is 5. The SMILES string of the molecule is C[C@]1(N2CCCC2=O)C[C@@H](Nc2ncc3c(-c4ccc5ncc(F)n5c4)c[nH]c3n2)C1. The molecule has 1 amide bonds. The van der Waals surface area contributed by atoms with Gasteiger partial charge in [-0.2, -0.15) is 9.37 Å². The highest BCUT2D eigenvalue weighted by atomic mass is 19.1. The summed E-state index contributed by atoms with van der Waals surface area (Å²) in [6.07, 6.45) is 10.00. The van der Waals surface area contributed by atoms with Crippen LogP contribution in [0.15, 0.2) is 36.9 Å². The molecule has 9 heteroatoms. The highest BCUT2D eigenvalue weighted by Gasteiger charge is 2.48. The minimum Gasteiger partial charge on any atom is -0.351 e. The summed E-state index contributed by atoms with van der Waals surface area (Å²) >= 11 is 0. The van der Waals surface area contributed by atoms with Gasteiger partial charge in [-0.3, -0.25) is 9.20 Å². The Hall–Kier alpha value is -3.49. The van der Waals surface area contributed by atoms with Crippen molar-refractivity contribution in [2.45, 2.75) is 44.2 Å². The van der Waals surface area contributed by atoms with Gasteiger partial charge in [0.05, 0.1) is 6.20 Å². The zero-order valence-electron chi connectivity index (χ0n) is 17.1. The van der Waals surface area contributed by atoms with Gasteiger partial charge in [-0.15, -0.1) is 0 Å². The number of hydrogen-bond donors (Lipinski definition) is 2. The van der Waals surface area contributed by atoms with Crippen LogP contribution in [0.4, 0.5) is 10.3 Å². The second-order valence-corrected chi connectivity index (χ2v) is 8.78. The largest absolute Gasteiger partial charge is 0.351 e. The van der Waals surface area contributed by atoms with Crippen LogP contribution in [0.1, 0.15) is 32.6 Å². The summed E-state index contributed by atoms with van der Waals surface area (Å²) in [4.78, 5) is 30.4. The molecule has 0 atom stereocenters. The molecule has 2 fully saturated rings. The Kier molecular flexibility index (Phi) is 3.84. The van der Waals surface area contributed by atoms with E-state index >= 15 is 0 Å². The summed E-state index contributed by atoms with van der Waals surface area (Å²) < 4.78 is 15.3. The first-order valence-corrected chi connectivity index (χ1v) is 10.5. The third kappa shape index (κ3) is 2.87. The molecule has 0 spiro atoms. The van der Waals surface area contributed by atoms with Gasteiger partial charge in [0.2, 0.25) is 17.8 Å². The monoisotopic (exact) mass is 419 g/mol. The van der Waals surface area contributed by atoms with Crippen molar-refractivity contribution >= 4 is 28.5 Å². The molecule has 2 aliphatic rings. The summed E-state index contributed by atoms with van der Waals surface area (Å²) in [5.74, 6) is 0.436. The number of imidazole rings is 1. The van der Waals surface area contributed by atoms with Crippen molar-refractivity contribution in [3.63, 3.8) is 0 Å². The molecule has 0 unspecified atom stereocenters. The van der Waals surface area contributed by atoms with E-state index in [2.05, 4.69) is 32.2 Å². The van der Waals surface area contributed by atoms with Gasteiger partial charge in [0.15, 0.2) is 0 Å². The van der Waals surface area contributed by atoms with E-state index in [4.69, 9.17) is 0 Å². The second-order valence-electron chi connectivity index (χ2n) is 8.78. The predicted molar refractivity (Wildman–Crippen MR) is 114 cm³/mol. The number of rotatable bonds is 4. The molecule has 4 aromatic rings. The summed E-state index contributed by atoms with van der Waals surface area (Å²) in [7, 11) is 0. The quantitative estimate of drug-likeness (QED) is 0.529. The van der Waals surface area contributed by atoms with Gasteiger partial charge in [-0.05, 0) is 38.3 Å². The number of nitrogens with one attached hydrogen (secondary N) is 2. The zero-order chi connectivity index (χ0) is 21.2. The molecule has 1 aliphatic carbocycles. The fourth-order valence-electron chi connectivity index (χ4n) is 5.05. The van der Waals surface area contributed by atoms with Crippen molar-refractivity contribution in [1.29, 1.82) is 0 Å². The van der Waals surface area contributed by atoms with E-state index in [9.17, 15) is 9.18 Å². The summed E-state index contributed by atoms with van der Waals surface area (Å²) in [5, 5.41) is 4.27. The number of anilines is 1. The first-order chi connectivity index (χ1) is 15.0. The number of fused-ring (bicyclic) bond motifs is 2. The number of H-pyrrole nitrogens is 1. The fraction of sp³-hybridized carbons (Fsp3) is 0.364. The zero-order valence-corrected chi connectivity index (χ0v) is 17.1. The molecule has 31 heavy (non-hydrogen) atoms. The van der Waals surface area contributed by atoms with Crippen LogP contribution >= 0.6 is 0 Å². The summed E-state index contributed by atoms with van der Waals surface area (Å²) in [5.41, 5.74) is 2.98. The number of pyridine rings is 1. The fourth-order valence-corrected chi connectivity index (χ4v) is 5.05. The van der Waals surface area contributed by atoms with Crippen molar-refractivity contribution in [2.75, 3.05) is 11.9 Å². The molecule has 158 valence electrons. The Morgan fingerprint density at radius 3 is 2.94 bits per heavy atom. The molecule has 5 heterocycles. The van der Waals surface area contributed by atoms with Gasteiger partial charge in [-0.25, -0.2) is 9.97 Å². The molecule has 1 saturated heterocycles. The summed E-state index contributed by atoms with van der Waals surface area (Å²) in [6, 6.07) is 3.94. The third-order valence-corrected chi connectivity index (χ3v) is 6.63. The summed E-state index contributed by atoms with van der Waals surface area (Å²) in [6.45, 7) is 3.03.